The summed E-state index contributed by atoms with van der Waals surface area (Å²) < 4.78 is 28.8. The number of halogens is 2. The van der Waals surface area contributed by atoms with Crippen LogP contribution in [0.2, 0.25) is 10.0 Å². The molecule has 0 saturated carbocycles. The average molecular weight is 605 g/mol. The SMILES string of the molecule is CCC(C(=O)NCC(C)C)N(Cc1ccccc1)C(=O)CN(c1ccc(Cl)c(Cl)c1)S(=O)(=O)c1ccc(C)cc1. The molecule has 1 N–H and O–H groups in total. The Morgan fingerprint density at radius 2 is 1.57 bits per heavy atom. The van der Waals surface area contributed by atoms with Gasteiger partial charge in [0.2, 0.25) is 11.8 Å². The number of aryl methyl sites for hydroxylation is 1. The van der Waals surface area contributed by atoms with Gasteiger partial charge in [0.25, 0.3) is 10.0 Å². The molecule has 0 saturated heterocycles. The van der Waals surface area contributed by atoms with Crippen LogP contribution in [0.5, 0.6) is 0 Å². The molecule has 3 aromatic carbocycles. The molecule has 0 aliphatic rings. The Morgan fingerprint density at radius 3 is 2.15 bits per heavy atom. The van der Waals surface area contributed by atoms with Crippen molar-refractivity contribution in [1.29, 1.82) is 0 Å². The van der Waals surface area contributed by atoms with Crippen LogP contribution in [0.25, 0.3) is 0 Å². The third-order valence-electron chi connectivity index (χ3n) is 6.35. The molecule has 0 heterocycles. The van der Waals surface area contributed by atoms with Gasteiger partial charge in [-0.05, 0) is 55.2 Å². The summed E-state index contributed by atoms with van der Waals surface area (Å²) in [6.07, 6.45) is 0.347. The van der Waals surface area contributed by atoms with Gasteiger partial charge >= 0.3 is 0 Å². The number of carbonyl (C=O) groups excluding carboxylic acids is 2. The Kier molecular flexibility index (Phi) is 11.0. The van der Waals surface area contributed by atoms with E-state index in [-0.39, 0.29) is 39.0 Å². The van der Waals surface area contributed by atoms with Crippen LogP contribution < -0.4 is 9.62 Å². The lowest BCUT2D eigenvalue weighted by Gasteiger charge is -2.33. The van der Waals surface area contributed by atoms with E-state index >= 15 is 0 Å². The molecule has 3 aromatic rings. The average Bonchev–Trinajstić information content (AvgIpc) is 2.92. The first kappa shape index (κ1) is 31.5. The van der Waals surface area contributed by atoms with Gasteiger partial charge in [-0.3, -0.25) is 13.9 Å². The second-order valence-corrected chi connectivity index (χ2v) is 12.7. The fourth-order valence-electron chi connectivity index (χ4n) is 4.13. The van der Waals surface area contributed by atoms with Crippen molar-refractivity contribution < 1.29 is 18.0 Å². The normalized spacial score (nSPS) is 12.2. The second kappa shape index (κ2) is 14.0. The van der Waals surface area contributed by atoms with E-state index < -0.39 is 28.5 Å². The lowest BCUT2D eigenvalue weighted by Crippen LogP contribution is -2.52. The number of nitrogens with zero attached hydrogens (tertiary/aromatic N) is 2. The summed E-state index contributed by atoms with van der Waals surface area (Å²) in [5.41, 5.74) is 1.89. The molecular weight excluding hydrogens is 569 g/mol. The minimum absolute atomic E-state index is 0.0216. The molecular formula is C30H35Cl2N3O4S. The fourth-order valence-corrected chi connectivity index (χ4v) is 5.83. The van der Waals surface area contributed by atoms with Crippen molar-refractivity contribution in [2.75, 3.05) is 17.4 Å². The third kappa shape index (κ3) is 7.99. The number of amides is 2. The van der Waals surface area contributed by atoms with Gasteiger partial charge in [-0.25, -0.2) is 8.42 Å². The lowest BCUT2D eigenvalue weighted by molar-refractivity contribution is -0.140. The van der Waals surface area contributed by atoms with Crippen LogP contribution in [0.15, 0.2) is 77.7 Å². The first-order valence-electron chi connectivity index (χ1n) is 13.1. The smallest absolute Gasteiger partial charge is 0.264 e. The largest absolute Gasteiger partial charge is 0.354 e. The molecule has 0 bridgehead atoms. The van der Waals surface area contributed by atoms with E-state index in [4.69, 9.17) is 23.2 Å². The molecule has 0 spiro atoms. The topological polar surface area (TPSA) is 86.8 Å². The van der Waals surface area contributed by atoms with Crippen LogP contribution in [-0.2, 0) is 26.2 Å². The highest BCUT2D eigenvalue weighted by Crippen LogP contribution is 2.31. The third-order valence-corrected chi connectivity index (χ3v) is 8.87. The Morgan fingerprint density at radius 1 is 0.925 bits per heavy atom. The van der Waals surface area contributed by atoms with E-state index in [0.29, 0.717) is 13.0 Å². The molecule has 40 heavy (non-hydrogen) atoms. The predicted octanol–water partition coefficient (Wildman–Crippen LogP) is 6.08. The number of sulfonamides is 1. The summed E-state index contributed by atoms with van der Waals surface area (Å²) in [4.78, 5) is 28.7. The van der Waals surface area contributed by atoms with Crippen molar-refractivity contribution in [3.05, 3.63) is 94.0 Å². The minimum Gasteiger partial charge on any atom is -0.354 e. The maximum atomic E-state index is 14.0. The van der Waals surface area contributed by atoms with Crippen LogP contribution in [0.1, 0.15) is 38.3 Å². The minimum atomic E-state index is -4.19. The number of hydrogen-bond acceptors (Lipinski definition) is 4. The van der Waals surface area contributed by atoms with Gasteiger partial charge in [0, 0.05) is 13.1 Å². The number of anilines is 1. The van der Waals surface area contributed by atoms with Crippen molar-refractivity contribution in [2.24, 2.45) is 5.92 Å². The van der Waals surface area contributed by atoms with Crippen molar-refractivity contribution in [3.8, 4) is 0 Å². The summed E-state index contributed by atoms with van der Waals surface area (Å²) in [7, 11) is -4.19. The zero-order valence-corrected chi connectivity index (χ0v) is 25.4. The number of nitrogens with one attached hydrogen (secondary N) is 1. The second-order valence-electron chi connectivity index (χ2n) is 9.99. The molecule has 0 aliphatic carbocycles. The van der Waals surface area contributed by atoms with Crippen molar-refractivity contribution in [3.63, 3.8) is 0 Å². The van der Waals surface area contributed by atoms with Gasteiger partial charge in [0.05, 0.1) is 20.6 Å². The number of carbonyl (C=O) groups is 2. The zero-order chi connectivity index (χ0) is 29.4. The monoisotopic (exact) mass is 603 g/mol. The van der Waals surface area contributed by atoms with E-state index in [9.17, 15) is 18.0 Å². The van der Waals surface area contributed by atoms with Gasteiger partial charge < -0.3 is 10.2 Å². The molecule has 1 unspecified atom stereocenters. The van der Waals surface area contributed by atoms with Crippen LogP contribution in [0.3, 0.4) is 0 Å². The predicted molar refractivity (Wildman–Crippen MR) is 161 cm³/mol. The maximum Gasteiger partial charge on any atom is 0.264 e. The van der Waals surface area contributed by atoms with E-state index in [1.807, 2.05) is 58.0 Å². The zero-order valence-electron chi connectivity index (χ0n) is 23.1. The standard InChI is InChI=1S/C30H35Cl2N3O4S/c1-5-28(30(37)33-18-21(2)3)34(19-23-9-7-6-8-10-23)29(36)20-35(24-13-16-26(31)27(32)17-24)40(38,39)25-14-11-22(4)12-15-25/h6-17,21,28H,5,18-20H2,1-4H3,(H,33,37). The van der Waals surface area contributed by atoms with Crippen LogP contribution in [0.4, 0.5) is 5.69 Å². The summed E-state index contributed by atoms with van der Waals surface area (Å²) in [5.74, 6) is -0.593. The Balaban J connectivity index is 2.05. The van der Waals surface area contributed by atoms with E-state index in [2.05, 4.69) is 5.32 Å². The molecule has 10 heteroatoms. The van der Waals surface area contributed by atoms with E-state index in [0.717, 1.165) is 15.4 Å². The highest BCUT2D eigenvalue weighted by Gasteiger charge is 2.33. The van der Waals surface area contributed by atoms with Crippen LogP contribution in [0, 0.1) is 12.8 Å². The number of hydrogen-bond donors (Lipinski definition) is 1. The molecule has 2 amide bonds. The van der Waals surface area contributed by atoms with Gasteiger partial charge in [-0.15, -0.1) is 0 Å². The highest BCUT2D eigenvalue weighted by atomic mass is 35.5. The molecule has 1 atom stereocenters. The lowest BCUT2D eigenvalue weighted by atomic mass is 10.1. The molecule has 3 rings (SSSR count). The molecule has 0 radical (unpaired) electrons. The fraction of sp³-hybridized carbons (Fsp3) is 0.333. The summed E-state index contributed by atoms with van der Waals surface area (Å²) >= 11 is 12.4. The molecule has 0 fully saturated rings. The van der Waals surface area contributed by atoms with E-state index in [1.165, 1.54) is 35.2 Å². The highest BCUT2D eigenvalue weighted by molar-refractivity contribution is 7.92. The van der Waals surface area contributed by atoms with Gasteiger partial charge in [-0.1, -0.05) is 92.0 Å². The Hall–Kier alpha value is -3.07. The first-order valence-corrected chi connectivity index (χ1v) is 15.3. The van der Waals surface area contributed by atoms with Crippen LogP contribution in [-0.4, -0.2) is 44.3 Å². The Labute approximate surface area is 247 Å². The summed E-state index contributed by atoms with van der Waals surface area (Å²) in [6.45, 7) is 7.69. The van der Waals surface area contributed by atoms with Gasteiger partial charge in [-0.2, -0.15) is 0 Å². The molecule has 0 aliphatic heterocycles. The maximum absolute atomic E-state index is 14.0. The quantitative estimate of drug-likeness (QED) is 0.272. The molecule has 7 nitrogen and oxygen atoms in total. The summed E-state index contributed by atoms with van der Waals surface area (Å²) in [6, 6.07) is 19.2. The summed E-state index contributed by atoms with van der Waals surface area (Å²) in [5, 5.41) is 3.32. The van der Waals surface area contributed by atoms with Gasteiger partial charge in [0.15, 0.2) is 0 Å². The van der Waals surface area contributed by atoms with E-state index in [1.54, 1.807) is 12.1 Å². The first-order chi connectivity index (χ1) is 18.9. The van der Waals surface area contributed by atoms with Gasteiger partial charge in [0.1, 0.15) is 12.6 Å². The van der Waals surface area contributed by atoms with Crippen molar-refractivity contribution >= 4 is 50.7 Å². The Bertz CT molecular complexity index is 1410. The van der Waals surface area contributed by atoms with Crippen molar-refractivity contribution in [1.82, 2.24) is 10.2 Å². The molecule has 0 aromatic heterocycles. The molecule has 214 valence electrons. The number of benzene rings is 3. The number of rotatable bonds is 12. The van der Waals surface area contributed by atoms with Crippen molar-refractivity contribution in [2.45, 2.75) is 51.6 Å². The van der Waals surface area contributed by atoms with Crippen LogP contribution >= 0.6 is 23.2 Å².